The Labute approximate surface area is 124 Å². The molecule has 0 amide bonds. The summed E-state index contributed by atoms with van der Waals surface area (Å²) in [6, 6.07) is 13.5. The fourth-order valence-corrected chi connectivity index (χ4v) is 2.34. The lowest BCUT2D eigenvalue weighted by molar-refractivity contribution is 0.226. The molecule has 0 N–H and O–H groups in total. The van der Waals surface area contributed by atoms with E-state index in [2.05, 4.69) is 32.0 Å². The summed E-state index contributed by atoms with van der Waals surface area (Å²) >= 11 is 6.01. The summed E-state index contributed by atoms with van der Waals surface area (Å²) in [5.74, 6) is 0.669. The highest BCUT2D eigenvalue weighted by Crippen LogP contribution is 2.28. The van der Waals surface area contributed by atoms with Gasteiger partial charge in [-0.05, 0) is 44.0 Å². The fraction of sp³-hybridized carbons (Fsp3) is 0.235. The third-order valence-electron chi connectivity index (χ3n) is 3.25. The smallest absolute Gasteiger partial charge is 0.121 e. The van der Waals surface area contributed by atoms with E-state index in [0.717, 1.165) is 5.56 Å². The number of ether oxygens (including phenoxy) is 1. The molecule has 0 heterocycles. The van der Waals surface area contributed by atoms with Gasteiger partial charge in [0.1, 0.15) is 17.9 Å². The summed E-state index contributed by atoms with van der Waals surface area (Å²) in [6.45, 7) is 6.14. The first-order chi connectivity index (χ1) is 9.51. The van der Waals surface area contributed by atoms with Gasteiger partial charge in [-0.2, -0.15) is 5.26 Å². The third-order valence-corrected chi connectivity index (χ3v) is 3.56. The van der Waals surface area contributed by atoms with E-state index >= 15 is 0 Å². The monoisotopic (exact) mass is 285 g/mol. The van der Waals surface area contributed by atoms with E-state index < -0.39 is 0 Å². The van der Waals surface area contributed by atoms with Crippen molar-refractivity contribution >= 4 is 11.6 Å². The molecule has 2 aromatic rings. The van der Waals surface area contributed by atoms with E-state index in [1.165, 1.54) is 11.1 Å². The number of halogens is 1. The predicted molar refractivity (Wildman–Crippen MR) is 81.1 cm³/mol. The van der Waals surface area contributed by atoms with Crippen LogP contribution in [-0.2, 0) is 0 Å². The molecule has 102 valence electrons. The van der Waals surface area contributed by atoms with Gasteiger partial charge in [0.15, 0.2) is 0 Å². The highest BCUT2D eigenvalue weighted by atomic mass is 35.5. The molecule has 0 fully saturated rings. The second-order valence-corrected chi connectivity index (χ2v) is 5.28. The maximum atomic E-state index is 8.86. The summed E-state index contributed by atoms with van der Waals surface area (Å²) < 4.78 is 5.92. The molecular formula is C17H16ClNO. The van der Waals surface area contributed by atoms with E-state index in [1.54, 1.807) is 18.2 Å². The lowest BCUT2D eigenvalue weighted by atomic mass is 10.0. The van der Waals surface area contributed by atoms with Crippen molar-refractivity contribution < 1.29 is 4.74 Å². The summed E-state index contributed by atoms with van der Waals surface area (Å²) in [5, 5.41) is 9.28. The number of hydrogen-bond donors (Lipinski definition) is 0. The molecule has 2 aromatic carbocycles. The van der Waals surface area contributed by atoms with Crippen molar-refractivity contribution in [2.75, 3.05) is 0 Å². The van der Waals surface area contributed by atoms with Crippen LogP contribution in [0.2, 0.25) is 5.02 Å². The molecule has 20 heavy (non-hydrogen) atoms. The Bertz CT molecular complexity index is 673. The molecule has 2 rings (SSSR count). The maximum Gasteiger partial charge on any atom is 0.121 e. The molecule has 0 saturated heterocycles. The minimum absolute atomic E-state index is 0.0705. The number of hydrogen-bond acceptors (Lipinski definition) is 2. The van der Waals surface area contributed by atoms with Crippen LogP contribution in [0.5, 0.6) is 5.75 Å². The number of benzene rings is 2. The van der Waals surface area contributed by atoms with Crippen molar-refractivity contribution in [2.45, 2.75) is 26.9 Å². The van der Waals surface area contributed by atoms with E-state index in [-0.39, 0.29) is 6.10 Å². The van der Waals surface area contributed by atoms with Crippen LogP contribution in [0, 0.1) is 25.2 Å². The standard InChI is InChI=1S/C17H16ClNO/c1-11-4-5-12(2)16(8-11)13(3)20-15-7-6-14(10-19)17(18)9-15/h4-9,13H,1-3H3. The average molecular weight is 286 g/mol. The number of nitriles is 1. The van der Waals surface area contributed by atoms with Gasteiger partial charge in [-0.15, -0.1) is 0 Å². The van der Waals surface area contributed by atoms with Gasteiger partial charge in [-0.3, -0.25) is 0 Å². The maximum absolute atomic E-state index is 8.86. The second-order valence-electron chi connectivity index (χ2n) is 4.87. The predicted octanol–water partition coefficient (Wildman–Crippen LogP) is 4.97. The van der Waals surface area contributed by atoms with Gasteiger partial charge in [0.2, 0.25) is 0 Å². The quantitative estimate of drug-likeness (QED) is 0.798. The summed E-state index contributed by atoms with van der Waals surface area (Å²) in [5.41, 5.74) is 4.02. The Morgan fingerprint density at radius 2 is 1.90 bits per heavy atom. The Kier molecular flexibility index (Phi) is 4.32. The van der Waals surface area contributed by atoms with Crippen LogP contribution in [0.25, 0.3) is 0 Å². The topological polar surface area (TPSA) is 33.0 Å². The molecule has 0 aliphatic heterocycles. The summed E-state index contributed by atoms with van der Waals surface area (Å²) in [6.07, 6.45) is -0.0705. The van der Waals surface area contributed by atoms with E-state index in [1.807, 2.05) is 13.0 Å². The van der Waals surface area contributed by atoms with Crippen molar-refractivity contribution in [2.24, 2.45) is 0 Å². The summed E-state index contributed by atoms with van der Waals surface area (Å²) in [7, 11) is 0. The van der Waals surface area contributed by atoms with Crippen molar-refractivity contribution in [3.63, 3.8) is 0 Å². The first-order valence-corrected chi connectivity index (χ1v) is 6.82. The molecular weight excluding hydrogens is 270 g/mol. The number of nitrogens with zero attached hydrogens (tertiary/aromatic N) is 1. The normalized spacial score (nSPS) is 11.8. The van der Waals surface area contributed by atoms with Crippen LogP contribution < -0.4 is 4.74 Å². The average Bonchev–Trinajstić information content (AvgIpc) is 2.41. The second kappa shape index (κ2) is 5.98. The minimum Gasteiger partial charge on any atom is -0.486 e. The zero-order chi connectivity index (χ0) is 14.7. The van der Waals surface area contributed by atoms with Gasteiger partial charge < -0.3 is 4.74 Å². The van der Waals surface area contributed by atoms with E-state index in [0.29, 0.717) is 16.3 Å². The molecule has 1 atom stereocenters. The summed E-state index contributed by atoms with van der Waals surface area (Å²) in [4.78, 5) is 0. The van der Waals surface area contributed by atoms with Gasteiger partial charge in [-0.25, -0.2) is 0 Å². The van der Waals surface area contributed by atoms with Crippen molar-refractivity contribution in [3.8, 4) is 11.8 Å². The van der Waals surface area contributed by atoms with Crippen molar-refractivity contribution in [3.05, 3.63) is 63.7 Å². The van der Waals surface area contributed by atoms with Crippen molar-refractivity contribution in [1.82, 2.24) is 0 Å². The van der Waals surface area contributed by atoms with Crippen molar-refractivity contribution in [1.29, 1.82) is 5.26 Å². The molecule has 0 aliphatic carbocycles. The van der Waals surface area contributed by atoms with E-state index in [4.69, 9.17) is 21.6 Å². The van der Waals surface area contributed by atoms with Crippen LogP contribution in [0.4, 0.5) is 0 Å². The molecule has 0 saturated carbocycles. The van der Waals surface area contributed by atoms with Crippen LogP contribution in [0.15, 0.2) is 36.4 Å². The first-order valence-electron chi connectivity index (χ1n) is 6.44. The largest absolute Gasteiger partial charge is 0.486 e. The van der Waals surface area contributed by atoms with Crippen LogP contribution in [0.1, 0.15) is 35.3 Å². The van der Waals surface area contributed by atoms with Gasteiger partial charge >= 0.3 is 0 Å². The van der Waals surface area contributed by atoms with Gasteiger partial charge in [0.25, 0.3) is 0 Å². The van der Waals surface area contributed by atoms with Gasteiger partial charge in [0.05, 0.1) is 10.6 Å². The fourth-order valence-electron chi connectivity index (χ4n) is 2.13. The van der Waals surface area contributed by atoms with Crippen LogP contribution in [-0.4, -0.2) is 0 Å². The zero-order valence-electron chi connectivity index (χ0n) is 11.8. The van der Waals surface area contributed by atoms with E-state index in [9.17, 15) is 0 Å². The molecule has 0 aliphatic rings. The number of rotatable bonds is 3. The zero-order valence-corrected chi connectivity index (χ0v) is 12.5. The Morgan fingerprint density at radius 1 is 1.15 bits per heavy atom. The molecule has 0 spiro atoms. The highest BCUT2D eigenvalue weighted by molar-refractivity contribution is 6.31. The molecule has 0 bridgehead atoms. The van der Waals surface area contributed by atoms with Crippen LogP contribution >= 0.6 is 11.6 Å². The Balaban J connectivity index is 2.23. The SMILES string of the molecule is Cc1ccc(C)c(C(C)Oc2ccc(C#N)c(Cl)c2)c1. The van der Waals surface area contributed by atoms with Crippen LogP contribution in [0.3, 0.4) is 0 Å². The first kappa shape index (κ1) is 14.4. The lowest BCUT2D eigenvalue weighted by Gasteiger charge is -2.18. The number of aryl methyl sites for hydroxylation is 2. The highest BCUT2D eigenvalue weighted by Gasteiger charge is 2.11. The molecule has 0 radical (unpaired) electrons. The molecule has 0 aromatic heterocycles. The molecule has 3 heteroatoms. The van der Waals surface area contributed by atoms with Gasteiger partial charge in [0, 0.05) is 6.07 Å². The van der Waals surface area contributed by atoms with Gasteiger partial charge in [-0.1, -0.05) is 35.4 Å². The Morgan fingerprint density at radius 3 is 2.55 bits per heavy atom. The minimum atomic E-state index is -0.0705. The lowest BCUT2D eigenvalue weighted by Crippen LogP contribution is -2.05. The molecule has 2 nitrogen and oxygen atoms in total. The molecule has 1 unspecified atom stereocenters. The third kappa shape index (κ3) is 3.12. The Hall–Kier alpha value is -1.98.